The highest BCUT2D eigenvalue weighted by molar-refractivity contribution is 5.21. The molecule has 112 valence electrons. The molecule has 1 aliphatic rings. The first-order valence-corrected chi connectivity index (χ1v) is 7.45. The lowest BCUT2D eigenvalue weighted by Crippen LogP contribution is -2.55. The van der Waals surface area contributed by atoms with Crippen LogP contribution in [0.5, 0.6) is 0 Å². The van der Waals surface area contributed by atoms with E-state index in [1.807, 2.05) is 7.05 Å². The minimum Gasteiger partial charge on any atom is -0.311 e. The third kappa shape index (κ3) is 2.86. The van der Waals surface area contributed by atoms with Crippen LogP contribution in [-0.4, -0.2) is 36.6 Å². The Morgan fingerprint density at radius 1 is 1.45 bits per heavy atom. The first kappa shape index (κ1) is 15.4. The third-order valence-corrected chi connectivity index (χ3v) is 4.78. The van der Waals surface area contributed by atoms with Gasteiger partial charge in [0.1, 0.15) is 5.82 Å². The van der Waals surface area contributed by atoms with Crippen molar-refractivity contribution in [3.8, 4) is 0 Å². The average molecular weight is 279 g/mol. The lowest BCUT2D eigenvalue weighted by molar-refractivity contribution is 0.0391. The summed E-state index contributed by atoms with van der Waals surface area (Å²) in [5, 5.41) is 3.41. The van der Waals surface area contributed by atoms with Gasteiger partial charge in [-0.3, -0.25) is 4.98 Å². The molecule has 2 rings (SSSR count). The number of hydrogen-bond acceptors (Lipinski definition) is 3. The molecule has 0 bridgehead atoms. The van der Waals surface area contributed by atoms with Crippen molar-refractivity contribution in [3.63, 3.8) is 0 Å². The molecule has 0 radical (unpaired) electrons. The number of aromatic nitrogens is 1. The Labute approximate surface area is 121 Å². The zero-order valence-corrected chi connectivity index (χ0v) is 13.0. The fourth-order valence-electron chi connectivity index (χ4n) is 3.82. The Hall–Kier alpha value is -1.00. The van der Waals surface area contributed by atoms with Crippen LogP contribution in [-0.2, 0) is 0 Å². The van der Waals surface area contributed by atoms with Crippen LogP contribution >= 0.6 is 0 Å². The number of pyridine rings is 1. The molecule has 3 atom stereocenters. The van der Waals surface area contributed by atoms with Gasteiger partial charge in [-0.15, -0.1) is 0 Å². The van der Waals surface area contributed by atoms with Crippen LogP contribution in [0.3, 0.4) is 0 Å². The van der Waals surface area contributed by atoms with Crippen molar-refractivity contribution in [3.05, 3.63) is 29.8 Å². The molecule has 0 amide bonds. The number of halogens is 1. The Kier molecular flexibility index (Phi) is 4.76. The van der Waals surface area contributed by atoms with Gasteiger partial charge in [0.15, 0.2) is 0 Å². The van der Waals surface area contributed by atoms with E-state index in [0.717, 1.165) is 18.4 Å². The summed E-state index contributed by atoms with van der Waals surface area (Å²) >= 11 is 0. The number of nitrogens with zero attached hydrogens (tertiary/aromatic N) is 2. The van der Waals surface area contributed by atoms with Crippen LogP contribution < -0.4 is 5.32 Å². The van der Waals surface area contributed by atoms with E-state index in [1.54, 1.807) is 12.3 Å². The lowest BCUT2D eigenvalue weighted by atomic mass is 9.70. The second kappa shape index (κ2) is 6.19. The molecule has 0 spiro atoms. The lowest BCUT2D eigenvalue weighted by Gasteiger charge is -2.50. The molecule has 20 heavy (non-hydrogen) atoms. The fraction of sp³-hybridized carbons (Fsp3) is 0.688. The summed E-state index contributed by atoms with van der Waals surface area (Å²) in [5.74, 6) is 0.434. The molecule has 0 aromatic carbocycles. The smallest absolute Gasteiger partial charge is 0.141 e. The summed E-state index contributed by atoms with van der Waals surface area (Å²) < 4.78 is 13.5. The van der Waals surface area contributed by atoms with Crippen molar-refractivity contribution in [1.29, 1.82) is 0 Å². The molecule has 1 fully saturated rings. The van der Waals surface area contributed by atoms with Crippen LogP contribution in [0.4, 0.5) is 4.39 Å². The highest BCUT2D eigenvalue weighted by Crippen LogP contribution is 2.43. The molecular weight excluding hydrogens is 253 g/mol. The SMILES string of the molecule is CNC(c1cncc(F)c1)C1(N(C)C)CCCC(C)C1. The topological polar surface area (TPSA) is 28.2 Å². The van der Waals surface area contributed by atoms with Gasteiger partial charge in [-0.1, -0.05) is 19.8 Å². The molecule has 3 unspecified atom stereocenters. The van der Waals surface area contributed by atoms with E-state index in [1.165, 1.54) is 19.0 Å². The van der Waals surface area contributed by atoms with Crippen LogP contribution in [0, 0.1) is 11.7 Å². The van der Waals surface area contributed by atoms with Gasteiger partial charge >= 0.3 is 0 Å². The van der Waals surface area contributed by atoms with Crippen molar-refractivity contribution in [2.75, 3.05) is 21.1 Å². The molecule has 1 aliphatic carbocycles. The van der Waals surface area contributed by atoms with Gasteiger partial charge in [0, 0.05) is 11.7 Å². The van der Waals surface area contributed by atoms with Crippen molar-refractivity contribution >= 4 is 0 Å². The van der Waals surface area contributed by atoms with Crippen molar-refractivity contribution in [1.82, 2.24) is 15.2 Å². The maximum Gasteiger partial charge on any atom is 0.141 e. The van der Waals surface area contributed by atoms with E-state index in [9.17, 15) is 4.39 Å². The van der Waals surface area contributed by atoms with Gasteiger partial charge in [-0.2, -0.15) is 0 Å². The third-order valence-electron chi connectivity index (χ3n) is 4.78. The van der Waals surface area contributed by atoms with E-state index in [4.69, 9.17) is 0 Å². The molecule has 1 aromatic rings. The number of hydrogen-bond donors (Lipinski definition) is 1. The van der Waals surface area contributed by atoms with Crippen molar-refractivity contribution < 1.29 is 4.39 Å². The highest BCUT2D eigenvalue weighted by Gasteiger charge is 2.43. The predicted octanol–water partition coefficient (Wildman–Crippen LogP) is 2.99. The van der Waals surface area contributed by atoms with Crippen LogP contribution in [0.15, 0.2) is 18.5 Å². The molecule has 1 N–H and O–H groups in total. The van der Waals surface area contributed by atoms with Gasteiger partial charge < -0.3 is 10.2 Å². The molecule has 4 heteroatoms. The zero-order chi connectivity index (χ0) is 14.8. The monoisotopic (exact) mass is 279 g/mol. The van der Waals surface area contributed by atoms with E-state index in [-0.39, 0.29) is 17.4 Å². The second-order valence-electron chi connectivity index (χ2n) is 6.36. The fourth-order valence-corrected chi connectivity index (χ4v) is 3.82. The normalized spacial score (nSPS) is 28.6. The average Bonchev–Trinajstić information content (AvgIpc) is 2.39. The maximum absolute atomic E-state index is 13.5. The van der Waals surface area contributed by atoms with Gasteiger partial charge in [-0.05, 0) is 51.5 Å². The Morgan fingerprint density at radius 2 is 2.20 bits per heavy atom. The summed E-state index contributed by atoms with van der Waals surface area (Å²) in [5.41, 5.74) is 0.970. The van der Waals surface area contributed by atoms with E-state index < -0.39 is 0 Å². The predicted molar refractivity (Wildman–Crippen MR) is 80.0 cm³/mol. The highest BCUT2D eigenvalue weighted by atomic mass is 19.1. The van der Waals surface area contributed by atoms with Crippen LogP contribution in [0.25, 0.3) is 0 Å². The zero-order valence-electron chi connectivity index (χ0n) is 13.0. The largest absolute Gasteiger partial charge is 0.311 e. The number of rotatable bonds is 4. The summed E-state index contributed by atoms with van der Waals surface area (Å²) in [6, 6.07) is 1.71. The van der Waals surface area contributed by atoms with Crippen molar-refractivity contribution in [2.45, 2.75) is 44.2 Å². The number of nitrogens with one attached hydrogen (secondary N) is 1. The Morgan fingerprint density at radius 3 is 2.75 bits per heavy atom. The second-order valence-corrected chi connectivity index (χ2v) is 6.36. The molecule has 1 aromatic heterocycles. The minimum absolute atomic E-state index is 0.0297. The minimum atomic E-state index is -0.263. The van der Waals surface area contributed by atoms with Gasteiger partial charge in [0.25, 0.3) is 0 Å². The van der Waals surface area contributed by atoms with E-state index >= 15 is 0 Å². The van der Waals surface area contributed by atoms with Gasteiger partial charge in [0.2, 0.25) is 0 Å². The Balaban J connectivity index is 2.40. The Bertz CT molecular complexity index is 449. The summed E-state index contributed by atoms with van der Waals surface area (Å²) in [4.78, 5) is 6.34. The van der Waals surface area contributed by atoms with Crippen LogP contribution in [0.2, 0.25) is 0 Å². The van der Waals surface area contributed by atoms with Gasteiger partial charge in [0.05, 0.1) is 12.2 Å². The summed E-state index contributed by atoms with van der Waals surface area (Å²) in [6.45, 7) is 2.31. The van der Waals surface area contributed by atoms with E-state index in [2.05, 4.69) is 36.2 Å². The molecule has 1 heterocycles. The summed E-state index contributed by atoms with van der Waals surface area (Å²) in [7, 11) is 6.23. The maximum atomic E-state index is 13.5. The molecular formula is C16H26FN3. The quantitative estimate of drug-likeness (QED) is 0.918. The first-order valence-electron chi connectivity index (χ1n) is 7.45. The van der Waals surface area contributed by atoms with Gasteiger partial charge in [-0.25, -0.2) is 4.39 Å². The van der Waals surface area contributed by atoms with Crippen molar-refractivity contribution in [2.24, 2.45) is 5.92 Å². The molecule has 0 aliphatic heterocycles. The first-order chi connectivity index (χ1) is 9.49. The molecule has 1 saturated carbocycles. The summed E-state index contributed by atoms with van der Waals surface area (Å²) in [6.07, 6.45) is 7.82. The molecule has 0 saturated heterocycles. The molecule has 3 nitrogen and oxygen atoms in total. The van der Waals surface area contributed by atoms with Crippen LogP contribution in [0.1, 0.15) is 44.2 Å². The number of likely N-dealkylation sites (N-methyl/N-ethyl adjacent to an activating group) is 2. The standard InChI is InChI=1S/C16H26FN3/c1-12-6-5-7-16(9-12,20(3)4)15(18-2)13-8-14(17)11-19-10-13/h8,10-12,15,18H,5-7,9H2,1-4H3. The van der Waals surface area contributed by atoms with E-state index in [0.29, 0.717) is 5.92 Å².